The Labute approximate surface area is 191 Å². The molecule has 2 atom stereocenters. The van der Waals surface area contributed by atoms with Crippen molar-refractivity contribution in [3.8, 4) is 17.3 Å². The van der Waals surface area contributed by atoms with Gasteiger partial charge in [0.05, 0.1) is 30.5 Å². The molecule has 1 aromatic heterocycles. The average molecular weight is 446 g/mol. The van der Waals surface area contributed by atoms with Gasteiger partial charge in [0, 0.05) is 24.4 Å². The van der Waals surface area contributed by atoms with Crippen LogP contribution in [-0.4, -0.2) is 48.2 Å². The summed E-state index contributed by atoms with van der Waals surface area (Å²) in [7, 11) is 1.70. The van der Waals surface area contributed by atoms with E-state index in [0.717, 1.165) is 0 Å². The summed E-state index contributed by atoms with van der Waals surface area (Å²) >= 11 is 0. The van der Waals surface area contributed by atoms with Gasteiger partial charge in [0.25, 0.3) is 5.91 Å². The predicted octanol–water partition coefficient (Wildman–Crippen LogP) is 3.43. The molecule has 1 aliphatic heterocycles. The van der Waals surface area contributed by atoms with E-state index in [1.165, 1.54) is 12.1 Å². The summed E-state index contributed by atoms with van der Waals surface area (Å²) in [6.07, 6.45) is -0.690. The molecule has 8 nitrogen and oxygen atoms in total. The minimum Gasteiger partial charge on any atom is -0.364 e. The highest BCUT2D eigenvalue weighted by Gasteiger charge is 2.32. The molecule has 2 unspecified atom stereocenters. The maximum Gasteiger partial charge on any atom is 0.255 e. The van der Waals surface area contributed by atoms with E-state index in [2.05, 4.69) is 20.6 Å². The zero-order valence-electron chi connectivity index (χ0n) is 18.2. The Bertz CT molecular complexity index is 1200. The number of hydrogen-bond donors (Lipinski definition) is 2. The molecule has 9 heteroatoms. The third-order valence-corrected chi connectivity index (χ3v) is 5.38. The van der Waals surface area contributed by atoms with Crippen LogP contribution < -0.4 is 15.5 Å². The smallest absolute Gasteiger partial charge is 0.255 e. The number of anilines is 3. The van der Waals surface area contributed by atoms with Crippen molar-refractivity contribution in [3.05, 3.63) is 66.0 Å². The molecule has 0 aliphatic carbocycles. The summed E-state index contributed by atoms with van der Waals surface area (Å²) in [5, 5.41) is 14.8. The van der Waals surface area contributed by atoms with Gasteiger partial charge in [-0.25, -0.2) is 9.37 Å². The first-order valence-corrected chi connectivity index (χ1v) is 10.5. The minimum atomic E-state index is -0.690. The molecule has 0 bridgehead atoms. The van der Waals surface area contributed by atoms with Gasteiger partial charge < -0.3 is 20.3 Å². The van der Waals surface area contributed by atoms with E-state index in [0.29, 0.717) is 41.9 Å². The molecular formula is C24H23FN6O2. The molecule has 2 aromatic carbocycles. The average Bonchev–Trinajstić information content (AvgIpc) is 2.84. The van der Waals surface area contributed by atoms with Crippen molar-refractivity contribution >= 4 is 23.4 Å². The highest BCUT2D eigenvalue weighted by molar-refractivity contribution is 5.94. The van der Waals surface area contributed by atoms with Crippen LogP contribution in [0, 0.1) is 17.1 Å². The van der Waals surface area contributed by atoms with E-state index in [9.17, 15) is 9.18 Å². The van der Waals surface area contributed by atoms with Crippen molar-refractivity contribution in [2.45, 2.75) is 19.1 Å². The Kier molecular flexibility index (Phi) is 6.47. The number of nitriles is 1. The highest BCUT2D eigenvalue weighted by atomic mass is 19.1. The van der Waals surface area contributed by atoms with Gasteiger partial charge in [-0.3, -0.25) is 4.79 Å². The number of morpholine rings is 1. The maximum absolute atomic E-state index is 14.2. The summed E-state index contributed by atoms with van der Waals surface area (Å²) in [4.78, 5) is 23.8. The summed E-state index contributed by atoms with van der Waals surface area (Å²) in [6.45, 7) is 2.61. The van der Waals surface area contributed by atoms with Crippen molar-refractivity contribution in [1.29, 1.82) is 5.26 Å². The Balaban J connectivity index is 1.61. The Hall–Kier alpha value is -4.03. The maximum atomic E-state index is 14.2. The molecule has 2 N–H and O–H groups in total. The molecular weight excluding hydrogens is 423 g/mol. The number of carbonyl (C=O) groups excluding carboxylic acids is 1. The van der Waals surface area contributed by atoms with Crippen LogP contribution in [0.2, 0.25) is 0 Å². The van der Waals surface area contributed by atoms with Gasteiger partial charge in [-0.05, 0) is 31.2 Å². The van der Waals surface area contributed by atoms with E-state index in [1.807, 2.05) is 48.2 Å². The second kappa shape index (κ2) is 9.63. The summed E-state index contributed by atoms with van der Waals surface area (Å²) in [5.74, 6) is 0.0904. The number of nitrogens with one attached hydrogen (secondary N) is 2. The van der Waals surface area contributed by atoms with Crippen LogP contribution in [0.25, 0.3) is 11.3 Å². The van der Waals surface area contributed by atoms with Crippen molar-refractivity contribution in [3.63, 3.8) is 0 Å². The van der Waals surface area contributed by atoms with Crippen molar-refractivity contribution < 1.29 is 13.9 Å². The van der Waals surface area contributed by atoms with Crippen molar-refractivity contribution in [1.82, 2.24) is 9.97 Å². The molecule has 1 amide bonds. The molecule has 0 spiro atoms. The number of benzene rings is 2. The van der Waals surface area contributed by atoms with E-state index >= 15 is 0 Å². The van der Waals surface area contributed by atoms with E-state index in [1.54, 1.807) is 19.2 Å². The fourth-order valence-corrected chi connectivity index (χ4v) is 3.59. The van der Waals surface area contributed by atoms with Crippen LogP contribution >= 0.6 is 0 Å². The van der Waals surface area contributed by atoms with Crippen LogP contribution in [0.1, 0.15) is 12.5 Å². The highest BCUT2D eigenvalue weighted by Crippen LogP contribution is 2.28. The molecule has 4 rings (SSSR count). The number of halogens is 1. The van der Waals surface area contributed by atoms with E-state index < -0.39 is 11.9 Å². The fourth-order valence-electron chi connectivity index (χ4n) is 3.59. The van der Waals surface area contributed by atoms with Crippen molar-refractivity contribution in [2.24, 2.45) is 0 Å². The molecule has 3 aromatic rings. The monoisotopic (exact) mass is 446 g/mol. The van der Waals surface area contributed by atoms with E-state index in [-0.39, 0.29) is 17.5 Å². The van der Waals surface area contributed by atoms with Gasteiger partial charge in [-0.15, -0.1) is 0 Å². The Morgan fingerprint density at radius 2 is 2.00 bits per heavy atom. The van der Waals surface area contributed by atoms with Gasteiger partial charge in [0.15, 0.2) is 6.10 Å². The Morgan fingerprint density at radius 3 is 2.70 bits per heavy atom. The second-order valence-corrected chi connectivity index (χ2v) is 7.67. The molecule has 1 fully saturated rings. The SMILES string of the molecule is CNc1nc(-c2ccc(C#N)c(F)c2)cc(N2CC(C(=O)Nc3ccccc3)OCC2C)n1. The standard InChI is InChI=1S/C24H23FN6O2/c1-15-14-33-21(23(32)28-18-6-4-3-5-7-18)13-31(15)22-11-20(29-24(27-2)30-22)16-8-9-17(12-26)19(25)10-16/h3-11,15,21H,13-14H2,1-2H3,(H,28,32)(H,27,29,30). The first-order chi connectivity index (χ1) is 16.0. The first kappa shape index (κ1) is 22.2. The number of rotatable bonds is 5. The molecule has 33 heavy (non-hydrogen) atoms. The third kappa shape index (κ3) is 4.91. The number of para-hydroxylation sites is 1. The summed E-state index contributed by atoms with van der Waals surface area (Å²) in [6, 6.07) is 17.1. The van der Waals surface area contributed by atoms with Crippen LogP contribution in [0.3, 0.4) is 0 Å². The molecule has 0 radical (unpaired) electrons. The minimum absolute atomic E-state index is 0.0315. The van der Waals surface area contributed by atoms with Crippen LogP contribution in [0.15, 0.2) is 54.6 Å². The largest absolute Gasteiger partial charge is 0.364 e. The molecule has 2 heterocycles. The molecule has 168 valence electrons. The van der Waals surface area contributed by atoms with E-state index in [4.69, 9.17) is 10.00 Å². The number of aromatic nitrogens is 2. The number of hydrogen-bond acceptors (Lipinski definition) is 7. The third-order valence-electron chi connectivity index (χ3n) is 5.38. The second-order valence-electron chi connectivity index (χ2n) is 7.67. The Morgan fingerprint density at radius 1 is 1.21 bits per heavy atom. The molecule has 0 saturated carbocycles. The number of amides is 1. The normalized spacial score (nSPS) is 17.8. The predicted molar refractivity (Wildman–Crippen MR) is 123 cm³/mol. The summed E-state index contributed by atoms with van der Waals surface area (Å²) in [5.41, 5.74) is 1.68. The molecule has 1 saturated heterocycles. The van der Waals surface area contributed by atoms with Gasteiger partial charge in [0.2, 0.25) is 5.95 Å². The lowest BCUT2D eigenvalue weighted by Gasteiger charge is -2.38. The lowest BCUT2D eigenvalue weighted by molar-refractivity contribution is -0.128. The quantitative estimate of drug-likeness (QED) is 0.619. The van der Waals surface area contributed by atoms with Gasteiger partial charge in [-0.2, -0.15) is 10.2 Å². The zero-order chi connectivity index (χ0) is 23.4. The number of carbonyl (C=O) groups is 1. The molecule has 1 aliphatic rings. The van der Waals surface area contributed by atoms with Crippen LogP contribution in [-0.2, 0) is 9.53 Å². The lowest BCUT2D eigenvalue weighted by atomic mass is 10.1. The van der Waals surface area contributed by atoms with Crippen molar-refractivity contribution in [2.75, 3.05) is 35.7 Å². The number of ether oxygens (including phenoxy) is 1. The fraction of sp³-hybridized carbons (Fsp3) is 0.250. The lowest BCUT2D eigenvalue weighted by Crippen LogP contribution is -2.52. The van der Waals surface area contributed by atoms with Gasteiger partial charge in [-0.1, -0.05) is 24.3 Å². The van der Waals surface area contributed by atoms with Gasteiger partial charge >= 0.3 is 0 Å². The van der Waals surface area contributed by atoms with Crippen LogP contribution in [0.5, 0.6) is 0 Å². The number of nitrogens with zero attached hydrogens (tertiary/aromatic N) is 4. The topological polar surface area (TPSA) is 103 Å². The van der Waals surface area contributed by atoms with Gasteiger partial charge in [0.1, 0.15) is 17.7 Å². The summed E-state index contributed by atoms with van der Waals surface area (Å²) < 4.78 is 20.0. The van der Waals surface area contributed by atoms with Crippen LogP contribution in [0.4, 0.5) is 21.8 Å². The first-order valence-electron chi connectivity index (χ1n) is 10.5. The zero-order valence-corrected chi connectivity index (χ0v) is 18.2.